The number of ether oxygens (including phenoxy) is 1. The predicted molar refractivity (Wildman–Crippen MR) is 75.0 cm³/mol. The zero-order valence-electron chi connectivity index (χ0n) is 11.9. The van der Waals surface area contributed by atoms with Crippen molar-refractivity contribution in [3.63, 3.8) is 0 Å². The lowest BCUT2D eigenvalue weighted by Crippen LogP contribution is -2.38. The van der Waals surface area contributed by atoms with E-state index in [1.54, 1.807) is 0 Å². The second kappa shape index (κ2) is 8.10. The van der Waals surface area contributed by atoms with Gasteiger partial charge in [-0.25, -0.2) is 0 Å². The molecule has 1 N–H and O–H groups in total. The van der Waals surface area contributed by atoms with Crippen LogP contribution in [0.25, 0.3) is 0 Å². The molecule has 4 nitrogen and oxygen atoms in total. The SMILES string of the molecule is CN(CCN1CCCNCC1)CC1CCCOC1. The first-order chi connectivity index (χ1) is 8.84. The molecule has 106 valence electrons. The van der Waals surface area contributed by atoms with Gasteiger partial charge in [0, 0.05) is 39.3 Å². The number of hydrogen-bond acceptors (Lipinski definition) is 4. The van der Waals surface area contributed by atoms with Crippen molar-refractivity contribution in [1.82, 2.24) is 15.1 Å². The molecule has 1 unspecified atom stereocenters. The summed E-state index contributed by atoms with van der Waals surface area (Å²) in [5, 5.41) is 3.46. The van der Waals surface area contributed by atoms with E-state index in [4.69, 9.17) is 4.74 Å². The largest absolute Gasteiger partial charge is 0.381 e. The highest BCUT2D eigenvalue weighted by atomic mass is 16.5. The molecule has 1 atom stereocenters. The Hall–Kier alpha value is -0.160. The standard InChI is InChI=1S/C14H29N3O/c1-16(12-14-4-2-11-18-13-14)9-10-17-7-3-5-15-6-8-17/h14-15H,2-13H2,1H3. The van der Waals surface area contributed by atoms with E-state index < -0.39 is 0 Å². The van der Waals surface area contributed by atoms with E-state index in [0.717, 1.165) is 25.7 Å². The summed E-state index contributed by atoms with van der Waals surface area (Å²) in [6.45, 7) is 10.4. The molecule has 0 aromatic heterocycles. The van der Waals surface area contributed by atoms with Gasteiger partial charge < -0.3 is 19.9 Å². The van der Waals surface area contributed by atoms with E-state index in [0.29, 0.717) is 0 Å². The van der Waals surface area contributed by atoms with Crippen molar-refractivity contribution in [2.45, 2.75) is 19.3 Å². The average molecular weight is 255 g/mol. The van der Waals surface area contributed by atoms with Crippen molar-refractivity contribution in [3.05, 3.63) is 0 Å². The Morgan fingerprint density at radius 3 is 3.06 bits per heavy atom. The van der Waals surface area contributed by atoms with Gasteiger partial charge in [0.05, 0.1) is 6.61 Å². The highest BCUT2D eigenvalue weighted by molar-refractivity contribution is 4.70. The van der Waals surface area contributed by atoms with Gasteiger partial charge in [-0.1, -0.05) is 0 Å². The predicted octanol–water partition coefficient (Wildman–Crippen LogP) is 0.640. The third-order valence-electron chi connectivity index (χ3n) is 4.06. The second-order valence-corrected chi connectivity index (χ2v) is 5.79. The summed E-state index contributed by atoms with van der Waals surface area (Å²) in [6.07, 6.45) is 3.88. The maximum absolute atomic E-state index is 5.55. The summed E-state index contributed by atoms with van der Waals surface area (Å²) in [4.78, 5) is 5.07. The molecule has 2 heterocycles. The molecule has 0 saturated carbocycles. The highest BCUT2D eigenvalue weighted by Gasteiger charge is 2.16. The monoisotopic (exact) mass is 255 g/mol. The second-order valence-electron chi connectivity index (χ2n) is 5.79. The van der Waals surface area contributed by atoms with E-state index in [1.165, 1.54) is 58.5 Å². The average Bonchev–Trinajstić information content (AvgIpc) is 2.66. The van der Waals surface area contributed by atoms with Gasteiger partial charge in [0.1, 0.15) is 0 Å². The van der Waals surface area contributed by atoms with Crippen LogP contribution in [0.4, 0.5) is 0 Å². The fourth-order valence-corrected chi connectivity index (χ4v) is 2.92. The summed E-state index contributed by atoms with van der Waals surface area (Å²) in [7, 11) is 2.25. The first kappa shape index (κ1) is 14.3. The van der Waals surface area contributed by atoms with Gasteiger partial charge in [-0.3, -0.25) is 0 Å². The number of nitrogens with zero attached hydrogens (tertiary/aromatic N) is 2. The van der Waals surface area contributed by atoms with Crippen LogP contribution in [-0.4, -0.2) is 75.9 Å². The smallest absolute Gasteiger partial charge is 0.0506 e. The minimum atomic E-state index is 0.759. The van der Waals surface area contributed by atoms with Gasteiger partial charge in [-0.15, -0.1) is 0 Å². The van der Waals surface area contributed by atoms with Crippen molar-refractivity contribution < 1.29 is 4.74 Å². The van der Waals surface area contributed by atoms with Gasteiger partial charge in [-0.2, -0.15) is 0 Å². The van der Waals surface area contributed by atoms with Crippen LogP contribution in [-0.2, 0) is 4.74 Å². The Labute approximate surface area is 112 Å². The molecule has 0 aromatic rings. The van der Waals surface area contributed by atoms with Crippen molar-refractivity contribution in [1.29, 1.82) is 0 Å². The van der Waals surface area contributed by atoms with Crippen molar-refractivity contribution in [2.75, 3.05) is 66.1 Å². The van der Waals surface area contributed by atoms with E-state index >= 15 is 0 Å². The molecule has 0 bridgehead atoms. The summed E-state index contributed by atoms with van der Waals surface area (Å²) >= 11 is 0. The zero-order chi connectivity index (χ0) is 12.6. The summed E-state index contributed by atoms with van der Waals surface area (Å²) in [6, 6.07) is 0. The molecule has 2 aliphatic heterocycles. The highest BCUT2D eigenvalue weighted by Crippen LogP contribution is 2.14. The molecule has 2 fully saturated rings. The Morgan fingerprint density at radius 2 is 2.22 bits per heavy atom. The molecule has 2 saturated heterocycles. The first-order valence-electron chi connectivity index (χ1n) is 7.54. The molecule has 0 spiro atoms. The van der Waals surface area contributed by atoms with E-state index in [1.807, 2.05) is 0 Å². The molecule has 0 radical (unpaired) electrons. The topological polar surface area (TPSA) is 27.7 Å². The van der Waals surface area contributed by atoms with Crippen LogP contribution in [0, 0.1) is 5.92 Å². The zero-order valence-corrected chi connectivity index (χ0v) is 11.9. The maximum Gasteiger partial charge on any atom is 0.0506 e. The van der Waals surface area contributed by atoms with Gasteiger partial charge >= 0.3 is 0 Å². The molecule has 0 amide bonds. The molecule has 18 heavy (non-hydrogen) atoms. The Kier molecular flexibility index (Phi) is 6.41. The van der Waals surface area contributed by atoms with Crippen LogP contribution in [0.1, 0.15) is 19.3 Å². The molecule has 2 rings (SSSR count). The van der Waals surface area contributed by atoms with Gasteiger partial charge in [0.15, 0.2) is 0 Å². The minimum absolute atomic E-state index is 0.759. The molecule has 4 heteroatoms. The van der Waals surface area contributed by atoms with Crippen LogP contribution in [0.15, 0.2) is 0 Å². The lowest BCUT2D eigenvalue weighted by molar-refractivity contribution is 0.0409. The molecule has 0 aliphatic carbocycles. The van der Waals surface area contributed by atoms with Gasteiger partial charge in [0.25, 0.3) is 0 Å². The van der Waals surface area contributed by atoms with Gasteiger partial charge in [0.2, 0.25) is 0 Å². The lowest BCUT2D eigenvalue weighted by Gasteiger charge is -2.29. The number of nitrogens with one attached hydrogen (secondary N) is 1. The lowest BCUT2D eigenvalue weighted by atomic mass is 10.0. The van der Waals surface area contributed by atoms with Crippen LogP contribution < -0.4 is 5.32 Å². The minimum Gasteiger partial charge on any atom is -0.381 e. The first-order valence-corrected chi connectivity index (χ1v) is 7.54. The third kappa shape index (κ3) is 5.22. The Morgan fingerprint density at radius 1 is 1.28 bits per heavy atom. The van der Waals surface area contributed by atoms with Crippen LogP contribution >= 0.6 is 0 Å². The van der Waals surface area contributed by atoms with Crippen LogP contribution in [0.5, 0.6) is 0 Å². The Balaban J connectivity index is 1.59. The number of hydrogen-bond donors (Lipinski definition) is 1. The van der Waals surface area contributed by atoms with E-state index in [-0.39, 0.29) is 0 Å². The fraction of sp³-hybridized carbons (Fsp3) is 1.00. The normalized spacial score (nSPS) is 27.3. The summed E-state index contributed by atoms with van der Waals surface area (Å²) < 4.78 is 5.55. The Bertz CT molecular complexity index is 211. The fourth-order valence-electron chi connectivity index (χ4n) is 2.92. The molecular formula is C14H29N3O. The summed E-state index contributed by atoms with van der Waals surface area (Å²) in [5.74, 6) is 0.759. The number of rotatable bonds is 5. The van der Waals surface area contributed by atoms with Crippen LogP contribution in [0.3, 0.4) is 0 Å². The van der Waals surface area contributed by atoms with Crippen molar-refractivity contribution in [2.24, 2.45) is 5.92 Å². The molecular weight excluding hydrogens is 226 g/mol. The summed E-state index contributed by atoms with van der Waals surface area (Å²) in [5.41, 5.74) is 0. The number of likely N-dealkylation sites (N-methyl/N-ethyl adjacent to an activating group) is 1. The van der Waals surface area contributed by atoms with Gasteiger partial charge in [-0.05, 0) is 45.3 Å². The van der Waals surface area contributed by atoms with Crippen molar-refractivity contribution >= 4 is 0 Å². The molecule has 2 aliphatic rings. The van der Waals surface area contributed by atoms with E-state index in [2.05, 4.69) is 22.2 Å². The quantitative estimate of drug-likeness (QED) is 0.780. The van der Waals surface area contributed by atoms with Crippen molar-refractivity contribution in [3.8, 4) is 0 Å². The molecule has 0 aromatic carbocycles. The maximum atomic E-state index is 5.55. The third-order valence-corrected chi connectivity index (χ3v) is 4.06. The van der Waals surface area contributed by atoms with E-state index in [9.17, 15) is 0 Å². The van der Waals surface area contributed by atoms with Crippen LogP contribution in [0.2, 0.25) is 0 Å².